The first-order chi connectivity index (χ1) is 17.0. The maximum absolute atomic E-state index is 13.5. The van der Waals surface area contributed by atoms with Crippen molar-refractivity contribution in [3.05, 3.63) is 56.0 Å². The Balaban J connectivity index is 0.00000124. The summed E-state index contributed by atoms with van der Waals surface area (Å²) in [6.07, 6.45) is -7.20. The number of aliphatic carboxylic acids is 2. The molecule has 0 aromatic heterocycles. The van der Waals surface area contributed by atoms with Crippen LogP contribution in [0.15, 0.2) is 39.3 Å². The van der Waals surface area contributed by atoms with Gasteiger partial charge in [0.05, 0.1) is 26.8 Å². The standard InChI is InChI=1S/C19H17Br2F4NO5S.C2H5NO2/c1-2-32(29,30)26-13-4-11(3-12(8-13)19(23,24)25)9-31-17-14(20)5-10(6-15(17)21)7-16(22)18(27)28;3-1-2(4)5/h3-6,8,16,26H,2,7,9H2,1H3,(H,27,28);1,3H2,(H,4,5). The van der Waals surface area contributed by atoms with E-state index in [1.165, 1.54) is 25.1 Å². The van der Waals surface area contributed by atoms with Crippen LogP contribution in [0, 0.1) is 0 Å². The lowest BCUT2D eigenvalue weighted by atomic mass is 10.1. The number of benzene rings is 2. The molecule has 0 bridgehead atoms. The summed E-state index contributed by atoms with van der Waals surface area (Å²) in [4.78, 5) is 19.9. The summed E-state index contributed by atoms with van der Waals surface area (Å²) in [6, 6.07) is 5.61. The molecule has 0 spiro atoms. The van der Waals surface area contributed by atoms with Crippen molar-refractivity contribution >= 4 is 59.5 Å². The lowest BCUT2D eigenvalue weighted by Gasteiger charge is -2.16. The zero-order valence-electron chi connectivity index (χ0n) is 19.0. The highest BCUT2D eigenvalue weighted by Gasteiger charge is 2.31. The van der Waals surface area contributed by atoms with Crippen molar-refractivity contribution < 1.29 is 50.5 Å². The van der Waals surface area contributed by atoms with Crippen molar-refractivity contribution in [1.29, 1.82) is 0 Å². The minimum atomic E-state index is -4.71. The zero-order valence-corrected chi connectivity index (χ0v) is 23.0. The van der Waals surface area contributed by atoms with E-state index in [0.717, 1.165) is 6.07 Å². The number of carboxylic acids is 2. The molecule has 0 saturated heterocycles. The van der Waals surface area contributed by atoms with Crippen LogP contribution in [0.3, 0.4) is 0 Å². The van der Waals surface area contributed by atoms with Gasteiger partial charge in [-0.15, -0.1) is 0 Å². The molecular formula is C21H22Br2F4N2O7S. The number of alkyl halides is 4. The topological polar surface area (TPSA) is 156 Å². The molecule has 0 heterocycles. The Labute approximate surface area is 226 Å². The second-order valence-electron chi connectivity index (χ2n) is 7.21. The van der Waals surface area contributed by atoms with E-state index in [2.05, 4.69) is 42.3 Å². The molecule has 0 radical (unpaired) electrons. The van der Waals surface area contributed by atoms with Gasteiger partial charge in [0.2, 0.25) is 16.2 Å². The average molecular weight is 682 g/mol. The highest BCUT2D eigenvalue weighted by Crippen LogP contribution is 2.37. The van der Waals surface area contributed by atoms with Crippen LogP contribution in [-0.2, 0) is 38.8 Å². The van der Waals surface area contributed by atoms with Crippen LogP contribution in [0.2, 0.25) is 0 Å². The molecule has 37 heavy (non-hydrogen) atoms. The van der Waals surface area contributed by atoms with E-state index in [4.69, 9.17) is 14.9 Å². The van der Waals surface area contributed by atoms with Crippen LogP contribution in [-0.4, -0.2) is 49.0 Å². The van der Waals surface area contributed by atoms with Gasteiger partial charge in [0, 0.05) is 12.1 Å². The third kappa shape index (κ3) is 11.2. The Morgan fingerprint density at radius 3 is 2.05 bits per heavy atom. The molecule has 0 aliphatic carbocycles. The molecular weight excluding hydrogens is 660 g/mol. The van der Waals surface area contributed by atoms with Crippen molar-refractivity contribution in [2.75, 3.05) is 17.0 Å². The van der Waals surface area contributed by atoms with Gasteiger partial charge in [0.1, 0.15) is 12.4 Å². The maximum atomic E-state index is 13.5. The summed E-state index contributed by atoms with van der Waals surface area (Å²) in [5.41, 5.74) is 3.66. The molecule has 9 nitrogen and oxygen atoms in total. The van der Waals surface area contributed by atoms with Gasteiger partial charge in [-0.3, -0.25) is 9.52 Å². The quantitative estimate of drug-likeness (QED) is 0.266. The molecule has 16 heteroatoms. The largest absolute Gasteiger partial charge is 0.487 e. The molecule has 0 amide bonds. The van der Waals surface area contributed by atoms with Crippen LogP contribution in [0.4, 0.5) is 23.2 Å². The van der Waals surface area contributed by atoms with Gasteiger partial charge in [-0.2, -0.15) is 13.2 Å². The van der Waals surface area contributed by atoms with E-state index < -0.39 is 39.9 Å². The SMILES string of the molecule is CCS(=O)(=O)Nc1cc(COc2c(Br)cc(CC(F)C(=O)O)cc2Br)cc(C(F)(F)F)c1.NCC(=O)O. The molecule has 0 aliphatic rings. The van der Waals surface area contributed by atoms with Gasteiger partial charge < -0.3 is 20.7 Å². The first-order valence-corrected chi connectivity index (χ1v) is 13.3. The summed E-state index contributed by atoms with van der Waals surface area (Å²) in [7, 11) is -3.80. The fourth-order valence-electron chi connectivity index (χ4n) is 2.57. The number of ether oxygens (including phenoxy) is 1. The normalized spacial score (nSPS) is 12.2. The Morgan fingerprint density at radius 1 is 1.08 bits per heavy atom. The lowest BCUT2D eigenvalue weighted by molar-refractivity contribution is -0.142. The second kappa shape index (κ2) is 13.9. The molecule has 5 N–H and O–H groups in total. The Hall–Kier alpha value is -2.43. The molecule has 206 valence electrons. The number of hydrogen-bond acceptors (Lipinski definition) is 6. The number of halogens is 6. The van der Waals surface area contributed by atoms with E-state index in [1.54, 1.807) is 0 Å². The third-order valence-electron chi connectivity index (χ3n) is 4.27. The number of carboxylic acid groups (broad SMARTS) is 2. The van der Waals surface area contributed by atoms with E-state index >= 15 is 0 Å². The monoisotopic (exact) mass is 680 g/mol. The Kier molecular flexibility index (Phi) is 12.3. The number of anilines is 1. The lowest BCUT2D eigenvalue weighted by Crippen LogP contribution is -2.17. The van der Waals surface area contributed by atoms with Crippen LogP contribution in [0.25, 0.3) is 0 Å². The van der Waals surface area contributed by atoms with Gasteiger partial charge in [0.15, 0.2) is 0 Å². The van der Waals surface area contributed by atoms with Crippen molar-refractivity contribution in [3.63, 3.8) is 0 Å². The fraction of sp³-hybridized carbons (Fsp3) is 0.333. The van der Waals surface area contributed by atoms with Crippen LogP contribution in [0.5, 0.6) is 5.75 Å². The summed E-state index contributed by atoms with van der Waals surface area (Å²) >= 11 is 6.42. The van der Waals surface area contributed by atoms with Crippen molar-refractivity contribution in [3.8, 4) is 5.75 Å². The van der Waals surface area contributed by atoms with Gasteiger partial charge in [-0.05, 0) is 80.2 Å². The molecule has 2 aromatic carbocycles. The number of carbonyl (C=O) groups is 2. The van der Waals surface area contributed by atoms with Gasteiger partial charge in [0.25, 0.3) is 0 Å². The molecule has 0 fully saturated rings. The summed E-state index contributed by atoms with van der Waals surface area (Å²) in [5.74, 6) is -2.70. The Bertz CT molecular complexity index is 1200. The van der Waals surface area contributed by atoms with Crippen LogP contribution >= 0.6 is 31.9 Å². The molecule has 1 atom stereocenters. The minimum Gasteiger partial charge on any atom is -0.487 e. The highest BCUT2D eigenvalue weighted by molar-refractivity contribution is 9.11. The van der Waals surface area contributed by atoms with Gasteiger partial charge in [-0.25, -0.2) is 17.6 Å². The fourth-order valence-corrected chi connectivity index (χ4v) is 4.70. The second-order valence-corrected chi connectivity index (χ2v) is 10.9. The van der Waals surface area contributed by atoms with Crippen molar-refractivity contribution in [2.45, 2.75) is 32.3 Å². The Morgan fingerprint density at radius 2 is 1.62 bits per heavy atom. The van der Waals surface area contributed by atoms with Gasteiger partial charge >= 0.3 is 18.1 Å². The van der Waals surface area contributed by atoms with E-state index in [1.807, 2.05) is 0 Å². The predicted molar refractivity (Wildman–Crippen MR) is 134 cm³/mol. The first-order valence-electron chi connectivity index (χ1n) is 10.1. The maximum Gasteiger partial charge on any atom is 0.416 e. The van der Waals surface area contributed by atoms with Crippen molar-refractivity contribution in [2.24, 2.45) is 5.73 Å². The third-order valence-corrected chi connectivity index (χ3v) is 6.76. The zero-order chi connectivity index (χ0) is 28.6. The summed E-state index contributed by atoms with van der Waals surface area (Å²) in [6.45, 7) is 0.725. The molecule has 1 unspecified atom stereocenters. The molecule has 2 rings (SSSR count). The first kappa shape index (κ1) is 32.6. The number of sulfonamides is 1. The average Bonchev–Trinajstić information content (AvgIpc) is 2.77. The summed E-state index contributed by atoms with van der Waals surface area (Å²) < 4.78 is 85.1. The van der Waals surface area contributed by atoms with E-state index in [0.29, 0.717) is 20.6 Å². The van der Waals surface area contributed by atoms with E-state index in [-0.39, 0.29) is 42.3 Å². The molecule has 0 aliphatic heterocycles. The smallest absolute Gasteiger partial charge is 0.416 e. The molecule has 0 saturated carbocycles. The number of nitrogens with one attached hydrogen (secondary N) is 1. The number of nitrogens with two attached hydrogens (primary N) is 1. The number of rotatable bonds is 10. The summed E-state index contributed by atoms with van der Waals surface area (Å²) in [5, 5.41) is 16.3. The number of hydrogen-bond donors (Lipinski definition) is 4. The van der Waals surface area contributed by atoms with E-state index in [9.17, 15) is 35.6 Å². The molecule has 2 aromatic rings. The highest BCUT2D eigenvalue weighted by atomic mass is 79.9. The predicted octanol–water partition coefficient (Wildman–Crippen LogP) is 4.57. The van der Waals surface area contributed by atoms with Crippen LogP contribution in [0.1, 0.15) is 23.6 Å². The minimum absolute atomic E-state index is 0.0474. The van der Waals surface area contributed by atoms with Crippen molar-refractivity contribution in [1.82, 2.24) is 0 Å². The van der Waals surface area contributed by atoms with Crippen LogP contribution < -0.4 is 15.2 Å². The van der Waals surface area contributed by atoms with Gasteiger partial charge in [-0.1, -0.05) is 0 Å².